The Labute approximate surface area is 204 Å². The van der Waals surface area contributed by atoms with Gasteiger partial charge in [-0.1, -0.05) is 27.2 Å². The third-order valence-electron chi connectivity index (χ3n) is 6.78. The van der Waals surface area contributed by atoms with E-state index in [0.29, 0.717) is 19.8 Å². The lowest BCUT2D eigenvalue weighted by atomic mass is 9.86. The molecule has 32 heavy (non-hydrogen) atoms. The molecule has 1 aliphatic heterocycles. The van der Waals surface area contributed by atoms with Crippen LogP contribution in [0.15, 0.2) is 16.6 Å². The predicted molar refractivity (Wildman–Crippen MR) is 135 cm³/mol. The van der Waals surface area contributed by atoms with Crippen LogP contribution >= 0.6 is 15.9 Å². The van der Waals surface area contributed by atoms with E-state index in [1.807, 2.05) is 6.92 Å². The second kappa shape index (κ2) is 11.3. The van der Waals surface area contributed by atoms with Crippen molar-refractivity contribution < 1.29 is 14.3 Å². The fourth-order valence-electron chi connectivity index (χ4n) is 4.21. The van der Waals surface area contributed by atoms with Gasteiger partial charge in [-0.2, -0.15) is 0 Å². The zero-order chi connectivity index (χ0) is 24.1. The van der Waals surface area contributed by atoms with Crippen molar-refractivity contribution in [2.75, 3.05) is 40.0 Å². The average molecular weight is 512 g/mol. The molecular weight excluding hydrogens is 468 g/mol. The van der Waals surface area contributed by atoms with Gasteiger partial charge >= 0.3 is 0 Å². The second-order valence-corrected chi connectivity index (χ2v) is 11.4. The first-order valence-corrected chi connectivity index (χ1v) is 12.7. The Kier molecular flexibility index (Phi) is 9.62. The molecule has 0 bridgehead atoms. The first-order chi connectivity index (χ1) is 14.9. The van der Waals surface area contributed by atoms with Crippen LogP contribution in [0.4, 0.5) is 0 Å². The second-order valence-electron chi connectivity index (χ2n) is 10.6. The third kappa shape index (κ3) is 6.94. The van der Waals surface area contributed by atoms with Crippen molar-refractivity contribution >= 4 is 21.8 Å². The lowest BCUT2D eigenvalue weighted by molar-refractivity contribution is -0.138. The fraction of sp³-hybridized carbons (Fsp3) is 0.731. The SMILES string of the molecule is CCOCC1c2cc(Br)c(OC)cc2CCN1CC(=O)N(CCC(C)(C)CC)C(C)(C)C. The summed E-state index contributed by atoms with van der Waals surface area (Å²) in [7, 11) is 1.69. The van der Waals surface area contributed by atoms with E-state index in [1.165, 1.54) is 11.1 Å². The lowest BCUT2D eigenvalue weighted by Gasteiger charge is -2.42. The number of hydrogen-bond acceptors (Lipinski definition) is 4. The standard InChI is InChI=1S/C26H43BrN2O3/c1-9-26(6,7)12-14-29(25(3,4)5)24(30)17-28-13-11-19-15-23(31-8)21(27)16-20(19)22(28)18-32-10-2/h15-16,22H,9-14,17-18H2,1-8H3. The highest BCUT2D eigenvalue weighted by Crippen LogP contribution is 2.37. The number of nitrogens with zero attached hydrogens (tertiary/aromatic N) is 2. The van der Waals surface area contributed by atoms with Crippen LogP contribution in [0.25, 0.3) is 0 Å². The summed E-state index contributed by atoms with van der Waals surface area (Å²) >= 11 is 3.64. The molecular formula is C26H43BrN2O3. The van der Waals surface area contributed by atoms with E-state index in [1.54, 1.807) is 7.11 Å². The van der Waals surface area contributed by atoms with Gasteiger partial charge in [0.25, 0.3) is 0 Å². The summed E-state index contributed by atoms with van der Waals surface area (Å²) in [6.45, 7) is 18.5. The van der Waals surface area contributed by atoms with Crippen molar-refractivity contribution in [3.8, 4) is 5.75 Å². The normalized spacial score (nSPS) is 17.2. The van der Waals surface area contributed by atoms with Crippen molar-refractivity contribution in [2.24, 2.45) is 5.41 Å². The summed E-state index contributed by atoms with van der Waals surface area (Å²) in [4.78, 5) is 17.9. The summed E-state index contributed by atoms with van der Waals surface area (Å²) in [5, 5.41) is 0. The van der Waals surface area contributed by atoms with E-state index in [4.69, 9.17) is 9.47 Å². The lowest BCUT2D eigenvalue weighted by Crippen LogP contribution is -2.52. The number of methoxy groups -OCH3 is 1. The van der Waals surface area contributed by atoms with Gasteiger partial charge in [0, 0.05) is 25.2 Å². The largest absolute Gasteiger partial charge is 0.496 e. The summed E-state index contributed by atoms with van der Waals surface area (Å²) in [5.74, 6) is 1.04. The number of benzene rings is 1. The Balaban J connectivity index is 2.25. The quantitative estimate of drug-likeness (QED) is 0.396. The van der Waals surface area contributed by atoms with Crippen LogP contribution in [-0.2, 0) is 16.0 Å². The van der Waals surface area contributed by atoms with E-state index in [0.717, 1.165) is 42.6 Å². The molecule has 1 aliphatic rings. The van der Waals surface area contributed by atoms with Gasteiger partial charge in [-0.15, -0.1) is 0 Å². The first kappa shape index (κ1) is 27.1. The van der Waals surface area contributed by atoms with Crippen molar-refractivity contribution in [3.05, 3.63) is 27.7 Å². The predicted octanol–water partition coefficient (Wildman–Crippen LogP) is 5.85. The number of carbonyl (C=O) groups is 1. The number of hydrogen-bond donors (Lipinski definition) is 0. The highest BCUT2D eigenvalue weighted by molar-refractivity contribution is 9.10. The Bertz CT molecular complexity index is 773. The molecule has 1 atom stereocenters. The van der Waals surface area contributed by atoms with E-state index in [-0.39, 0.29) is 22.9 Å². The molecule has 0 N–H and O–H groups in total. The van der Waals surface area contributed by atoms with Crippen LogP contribution in [0.3, 0.4) is 0 Å². The average Bonchev–Trinajstić information content (AvgIpc) is 2.71. The van der Waals surface area contributed by atoms with Gasteiger partial charge in [-0.3, -0.25) is 9.69 Å². The number of ether oxygens (including phenoxy) is 2. The Morgan fingerprint density at radius 2 is 1.91 bits per heavy atom. The molecule has 5 nitrogen and oxygen atoms in total. The van der Waals surface area contributed by atoms with Gasteiger partial charge in [0.15, 0.2) is 0 Å². The molecule has 0 saturated carbocycles. The van der Waals surface area contributed by atoms with Crippen molar-refractivity contribution in [1.82, 2.24) is 9.80 Å². The van der Waals surface area contributed by atoms with Gasteiger partial charge in [-0.05, 0) is 85.1 Å². The molecule has 182 valence electrons. The third-order valence-corrected chi connectivity index (χ3v) is 7.40. The number of rotatable bonds is 10. The molecule has 0 aliphatic carbocycles. The number of carbonyl (C=O) groups excluding carboxylic acids is 1. The summed E-state index contributed by atoms with van der Waals surface area (Å²) in [5.41, 5.74) is 2.52. The number of fused-ring (bicyclic) bond motifs is 1. The van der Waals surface area contributed by atoms with Crippen LogP contribution in [0.5, 0.6) is 5.75 Å². The van der Waals surface area contributed by atoms with E-state index < -0.39 is 0 Å². The number of halogens is 1. The zero-order valence-corrected chi connectivity index (χ0v) is 23.0. The molecule has 1 unspecified atom stereocenters. The maximum absolute atomic E-state index is 13.6. The molecule has 2 rings (SSSR count). The van der Waals surface area contributed by atoms with Crippen molar-refractivity contribution in [2.45, 2.75) is 79.3 Å². The van der Waals surface area contributed by atoms with E-state index in [2.05, 4.69) is 79.4 Å². The van der Waals surface area contributed by atoms with E-state index >= 15 is 0 Å². The minimum absolute atomic E-state index is 0.0544. The highest BCUT2D eigenvalue weighted by atomic mass is 79.9. The Morgan fingerprint density at radius 1 is 1.22 bits per heavy atom. The monoisotopic (exact) mass is 510 g/mol. The van der Waals surface area contributed by atoms with Crippen LogP contribution < -0.4 is 4.74 Å². The minimum Gasteiger partial charge on any atom is -0.496 e. The van der Waals surface area contributed by atoms with Gasteiger partial charge in [0.1, 0.15) is 5.75 Å². The summed E-state index contributed by atoms with van der Waals surface area (Å²) in [6, 6.07) is 4.31. The number of amides is 1. The zero-order valence-electron chi connectivity index (χ0n) is 21.4. The Morgan fingerprint density at radius 3 is 2.47 bits per heavy atom. The Hall–Kier alpha value is -1.11. The smallest absolute Gasteiger partial charge is 0.237 e. The maximum atomic E-state index is 13.6. The fourth-order valence-corrected chi connectivity index (χ4v) is 4.73. The topological polar surface area (TPSA) is 42.0 Å². The van der Waals surface area contributed by atoms with Crippen LogP contribution in [0.1, 0.15) is 78.5 Å². The molecule has 0 spiro atoms. The molecule has 0 radical (unpaired) electrons. The molecule has 1 heterocycles. The van der Waals surface area contributed by atoms with Crippen LogP contribution in [-0.4, -0.2) is 61.2 Å². The first-order valence-electron chi connectivity index (χ1n) is 11.9. The molecule has 0 aromatic heterocycles. The molecule has 0 fully saturated rings. The molecule has 0 saturated heterocycles. The van der Waals surface area contributed by atoms with Crippen LogP contribution in [0, 0.1) is 5.41 Å². The molecule has 1 aromatic rings. The minimum atomic E-state index is -0.208. The molecule has 1 amide bonds. The van der Waals surface area contributed by atoms with Gasteiger partial charge < -0.3 is 14.4 Å². The summed E-state index contributed by atoms with van der Waals surface area (Å²) < 4.78 is 12.3. The van der Waals surface area contributed by atoms with Gasteiger partial charge in [0.05, 0.1) is 30.8 Å². The van der Waals surface area contributed by atoms with E-state index in [9.17, 15) is 4.79 Å². The molecule has 1 aromatic carbocycles. The highest BCUT2D eigenvalue weighted by Gasteiger charge is 2.34. The van der Waals surface area contributed by atoms with Crippen LogP contribution in [0.2, 0.25) is 0 Å². The van der Waals surface area contributed by atoms with Crippen molar-refractivity contribution in [1.29, 1.82) is 0 Å². The van der Waals surface area contributed by atoms with Gasteiger partial charge in [-0.25, -0.2) is 0 Å². The summed E-state index contributed by atoms with van der Waals surface area (Å²) in [6.07, 6.45) is 3.01. The van der Waals surface area contributed by atoms with Crippen molar-refractivity contribution in [3.63, 3.8) is 0 Å². The molecule has 6 heteroatoms. The maximum Gasteiger partial charge on any atom is 0.237 e. The van der Waals surface area contributed by atoms with Gasteiger partial charge in [0.2, 0.25) is 5.91 Å².